The molecule has 0 aromatic heterocycles. The topological polar surface area (TPSA) is 66.8 Å². The van der Waals surface area contributed by atoms with Crippen molar-refractivity contribution in [1.29, 1.82) is 0 Å². The van der Waals surface area contributed by atoms with Crippen LogP contribution in [0.4, 0.5) is 0 Å². The minimum absolute atomic E-state index is 0.275. The number of rotatable bonds is 3. The Morgan fingerprint density at radius 2 is 2.21 bits per heavy atom. The van der Waals surface area contributed by atoms with Gasteiger partial charge >= 0.3 is 5.97 Å². The Morgan fingerprint density at radius 3 is 2.71 bits per heavy atom. The fraction of sp³-hybridized carbons (Fsp3) is 0.222. The van der Waals surface area contributed by atoms with E-state index >= 15 is 0 Å². The normalized spacial score (nSPS) is 12.2. The zero-order chi connectivity index (χ0) is 10.7. The zero-order valence-corrected chi connectivity index (χ0v) is 8.98. The van der Waals surface area contributed by atoms with Gasteiger partial charge in [0.1, 0.15) is 5.75 Å². The molecule has 2 N–H and O–H groups in total. The van der Waals surface area contributed by atoms with Crippen LogP contribution in [0, 0.1) is 0 Å². The molecule has 0 saturated carbocycles. The van der Waals surface area contributed by atoms with E-state index in [0.717, 1.165) is 0 Å². The Morgan fingerprint density at radius 1 is 1.57 bits per heavy atom. The second-order valence-electron chi connectivity index (χ2n) is 2.60. The summed E-state index contributed by atoms with van der Waals surface area (Å²) in [7, 11) is 1.47. The standard InChI is InChI=1S/C9H9BrO4/c1-14-6-4-2-3-5(7(6)10)8(11)9(12)13/h2-4,8,11H,1H3,(H,12,13). The molecule has 0 saturated heterocycles. The molecule has 0 aliphatic carbocycles. The molecule has 1 aromatic carbocycles. The van der Waals surface area contributed by atoms with Gasteiger partial charge in [-0.05, 0) is 22.0 Å². The molecule has 5 heteroatoms. The van der Waals surface area contributed by atoms with Gasteiger partial charge in [0.2, 0.25) is 0 Å². The number of carboxylic acids is 1. The van der Waals surface area contributed by atoms with Gasteiger partial charge in [-0.3, -0.25) is 0 Å². The second kappa shape index (κ2) is 4.43. The zero-order valence-electron chi connectivity index (χ0n) is 7.40. The SMILES string of the molecule is COc1cccc(C(O)C(=O)O)c1Br. The summed E-state index contributed by atoms with van der Waals surface area (Å²) in [5, 5.41) is 17.9. The van der Waals surface area contributed by atoms with Gasteiger partial charge in [-0.25, -0.2) is 4.79 Å². The van der Waals surface area contributed by atoms with Crippen LogP contribution in [-0.2, 0) is 4.79 Å². The average molecular weight is 261 g/mol. The van der Waals surface area contributed by atoms with Gasteiger partial charge in [0.25, 0.3) is 0 Å². The van der Waals surface area contributed by atoms with Crippen molar-refractivity contribution < 1.29 is 19.7 Å². The van der Waals surface area contributed by atoms with Crippen LogP contribution in [-0.4, -0.2) is 23.3 Å². The van der Waals surface area contributed by atoms with Crippen molar-refractivity contribution in [2.45, 2.75) is 6.10 Å². The quantitative estimate of drug-likeness (QED) is 0.866. The maximum Gasteiger partial charge on any atom is 0.337 e. The molecule has 0 fully saturated rings. The molecule has 0 spiro atoms. The third-order valence-corrected chi connectivity index (χ3v) is 2.59. The lowest BCUT2D eigenvalue weighted by Gasteiger charge is -2.10. The van der Waals surface area contributed by atoms with Crippen molar-refractivity contribution in [3.63, 3.8) is 0 Å². The number of halogens is 1. The molecule has 14 heavy (non-hydrogen) atoms. The van der Waals surface area contributed by atoms with Crippen molar-refractivity contribution in [3.8, 4) is 5.75 Å². The summed E-state index contributed by atoms with van der Waals surface area (Å²) in [4.78, 5) is 10.5. The van der Waals surface area contributed by atoms with Crippen molar-refractivity contribution in [2.24, 2.45) is 0 Å². The summed E-state index contributed by atoms with van der Waals surface area (Å²) in [6, 6.07) is 4.80. The Hall–Kier alpha value is -1.07. The second-order valence-corrected chi connectivity index (χ2v) is 3.40. The molecule has 1 unspecified atom stereocenters. The molecular formula is C9H9BrO4. The molecule has 76 valence electrons. The number of ether oxygens (including phenoxy) is 1. The van der Waals surface area contributed by atoms with E-state index in [2.05, 4.69) is 15.9 Å². The summed E-state index contributed by atoms with van der Waals surface area (Å²) in [6.07, 6.45) is -1.54. The predicted octanol–water partition coefficient (Wildman–Crippen LogP) is 1.58. The summed E-state index contributed by atoms with van der Waals surface area (Å²) in [5.41, 5.74) is 0.275. The van der Waals surface area contributed by atoms with Crippen LogP contribution in [0.1, 0.15) is 11.7 Å². The van der Waals surface area contributed by atoms with E-state index in [1.165, 1.54) is 13.2 Å². The van der Waals surface area contributed by atoms with Gasteiger partial charge in [-0.1, -0.05) is 12.1 Å². The minimum Gasteiger partial charge on any atom is -0.496 e. The molecular weight excluding hydrogens is 252 g/mol. The summed E-state index contributed by atoms with van der Waals surface area (Å²) in [6.45, 7) is 0. The minimum atomic E-state index is -1.54. The lowest BCUT2D eigenvalue weighted by Crippen LogP contribution is -2.11. The smallest absolute Gasteiger partial charge is 0.337 e. The number of hydrogen-bond acceptors (Lipinski definition) is 3. The highest BCUT2D eigenvalue weighted by Crippen LogP contribution is 2.32. The van der Waals surface area contributed by atoms with Gasteiger partial charge in [-0.15, -0.1) is 0 Å². The third kappa shape index (κ3) is 2.05. The molecule has 4 nitrogen and oxygen atoms in total. The van der Waals surface area contributed by atoms with Gasteiger partial charge < -0.3 is 14.9 Å². The Labute approximate surface area is 89.3 Å². The first-order valence-corrected chi connectivity index (χ1v) is 4.60. The van der Waals surface area contributed by atoms with Crippen LogP contribution in [0.5, 0.6) is 5.75 Å². The largest absolute Gasteiger partial charge is 0.496 e. The molecule has 0 amide bonds. The number of benzene rings is 1. The van der Waals surface area contributed by atoms with E-state index in [9.17, 15) is 9.90 Å². The number of methoxy groups -OCH3 is 1. The number of aliphatic hydroxyl groups is 1. The third-order valence-electron chi connectivity index (χ3n) is 1.74. The first kappa shape index (κ1) is 11.0. The molecule has 0 aliphatic rings. The monoisotopic (exact) mass is 260 g/mol. The number of aliphatic carboxylic acids is 1. The molecule has 0 bridgehead atoms. The number of carboxylic acid groups (broad SMARTS) is 1. The van der Waals surface area contributed by atoms with Gasteiger partial charge in [0, 0.05) is 5.56 Å². The van der Waals surface area contributed by atoms with Crippen LogP contribution in [0.15, 0.2) is 22.7 Å². The maximum absolute atomic E-state index is 10.5. The fourth-order valence-electron chi connectivity index (χ4n) is 1.03. The summed E-state index contributed by atoms with van der Waals surface area (Å²) >= 11 is 3.16. The maximum atomic E-state index is 10.5. The molecule has 1 aromatic rings. The molecule has 1 atom stereocenters. The van der Waals surface area contributed by atoms with Crippen LogP contribution in [0.3, 0.4) is 0 Å². The van der Waals surface area contributed by atoms with Gasteiger partial charge in [0.15, 0.2) is 6.10 Å². The van der Waals surface area contributed by atoms with Crippen LogP contribution < -0.4 is 4.74 Å². The van der Waals surface area contributed by atoms with Crippen LogP contribution in [0.25, 0.3) is 0 Å². The number of hydrogen-bond donors (Lipinski definition) is 2. The first-order chi connectivity index (χ1) is 6.57. The summed E-state index contributed by atoms with van der Waals surface area (Å²) < 4.78 is 5.42. The van der Waals surface area contributed by atoms with E-state index in [1.54, 1.807) is 12.1 Å². The molecule has 0 heterocycles. The van der Waals surface area contributed by atoms with Gasteiger partial charge in [-0.2, -0.15) is 0 Å². The highest BCUT2D eigenvalue weighted by molar-refractivity contribution is 9.10. The van der Waals surface area contributed by atoms with E-state index in [0.29, 0.717) is 10.2 Å². The van der Waals surface area contributed by atoms with Crippen LogP contribution in [0.2, 0.25) is 0 Å². The van der Waals surface area contributed by atoms with E-state index in [-0.39, 0.29) is 5.56 Å². The Balaban J connectivity index is 3.15. The molecule has 1 rings (SSSR count). The fourth-order valence-corrected chi connectivity index (χ4v) is 1.67. The van der Waals surface area contributed by atoms with E-state index < -0.39 is 12.1 Å². The molecule has 0 aliphatic heterocycles. The molecule has 0 radical (unpaired) electrons. The van der Waals surface area contributed by atoms with Crippen LogP contribution >= 0.6 is 15.9 Å². The van der Waals surface area contributed by atoms with Crippen molar-refractivity contribution >= 4 is 21.9 Å². The first-order valence-electron chi connectivity index (χ1n) is 3.81. The lowest BCUT2D eigenvalue weighted by molar-refractivity contribution is -0.147. The highest BCUT2D eigenvalue weighted by atomic mass is 79.9. The van der Waals surface area contributed by atoms with Gasteiger partial charge in [0.05, 0.1) is 11.6 Å². The van der Waals surface area contributed by atoms with Crippen molar-refractivity contribution in [3.05, 3.63) is 28.2 Å². The van der Waals surface area contributed by atoms with E-state index in [1.807, 2.05) is 0 Å². The average Bonchev–Trinajstić information content (AvgIpc) is 2.17. The Kier molecular flexibility index (Phi) is 3.49. The Bertz CT molecular complexity index is 351. The number of carbonyl (C=O) groups is 1. The highest BCUT2D eigenvalue weighted by Gasteiger charge is 2.20. The lowest BCUT2D eigenvalue weighted by atomic mass is 10.1. The van der Waals surface area contributed by atoms with E-state index in [4.69, 9.17) is 9.84 Å². The predicted molar refractivity (Wildman–Crippen MR) is 53.3 cm³/mol. The number of aliphatic hydroxyl groups excluding tert-OH is 1. The van der Waals surface area contributed by atoms with Crippen molar-refractivity contribution in [2.75, 3.05) is 7.11 Å². The summed E-state index contributed by atoms with van der Waals surface area (Å²) in [5.74, 6) is -0.804. The van der Waals surface area contributed by atoms with Crippen molar-refractivity contribution in [1.82, 2.24) is 0 Å².